The molecular formula is C23H24N2O4. The molecule has 1 N–H and O–H groups in total. The van der Waals surface area contributed by atoms with E-state index in [0.717, 1.165) is 10.9 Å². The minimum atomic E-state index is -0.250. The minimum absolute atomic E-state index is 0.141. The molecule has 29 heavy (non-hydrogen) atoms. The van der Waals surface area contributed by atoms with Gasteiger partial charge in [0.05, 0.1) is 26.5 Å². The molecule has 3 aromatic carbocycles. The third-order valence-electron chi connectivity index (χ3n) is 4.55. The van der Waals surface area contributed by atoms with E-state index in [9.17, 15) is 4.79 Å². The van der Waals surface area contributed by atoms with Crippen molar-refractivity contribution >= 4 is 22.9 Å². The quantitative estimate of drug-likeness (QED) is 0.463. The van der Waals surface area contributed by atoms with Crippen LogP contribution in [0, 0.1) is 0 Å². The Hall–Kier alpha value is -3.54. The zero-order valence-electron chi connectivity index (χ0n) is 16.7. The molecule has 150 valence electrons. The number of ether oxygens (including phenoxy) is 2. The second-order valence-electron chi connectivity index (χ2n) is 6.51. The van der Waals surface area contributed by atoms with Gasteiger partial charge < -0.3 is 19.6 Å². The van der Waals surface area contributed by atoms with Gasteiger partial charge in [-0.1, -0.05) is 41.6 Å². The lowest BCUT2D eigenvalue weighted by Crippen LogP contribution is -2.29. The molecule has 3 aromatic rings. The van der Waals surface area contributed by atoms with Gasteiger partial charge in [0.1, 0.15) is 11.5 Å². The zero-order chi connectivity index (χ0) is 20.6. The van der Waals surface area contributed by atoms with Gasteiger partial charge in [-0.2, -0.15) is 0 Å². The fourth-order valence-corrected chi connectivity index (χ4v) is 2.97. The molecule has 1 atom stereocenters. The smallest absolute Gasteiger partial charge is 0.261 e. The maximum Gasteiger partial charge on any atom is 0.261 e. The van der Waals surface area contributed by atoms with Gasteiger partial charge >= 0.3 is 0 Å². The summed E-state index contributed by atoms with van der Waals surface area (Å²) < 4.78 is 10.5. The summed E-state index contributed by atoms with van der Waals surface area (Å²) in [6.07, 6.45) is 1.49. The molecule has 6 heteroatoms. The fourth-order valence-electron chi connectivity index (χ4n) is 2.97. The van der Waals surface area contributed by atoms with Crippen LogP contribution in [0.3, 0.4) is 0 Å². The highest BCUT2D eigenvalue weighted by Crippen LogP contribution is 2.22. The van der Waals surface area contributed by atoms with Crippen molar-refractivity contribution in [3.63, 3.8) is 0 Å². The van der Waals surface area contributed by atoms with Gasteiger partial charge in [0, 0.05) is 5.56 Å². The summed E-state index contributed by atoms with van der Waals surface area (Å²) in [6, 6.07) is 19.5. The maximum atomic E-state index is 12.2. The van der Waals surface area contributed by atoms with E-state index in [2.05, 4.69) is 34.7 Å². The molecule has 0 aliphatic heterocycles. The molecule has 3 rings (SSSR count). The van der Waals surface area contributed by atoms with E-state index in [-0.39, 0.29) is 18.6 Å². The van der Waals surface area contributed by atoms with Gasteiger partial charge in [0.2, 0.25) is 0 Å². The van der Waals surface area contributed by atoms with Crippen molar-refractivity contribution in [1.29, 1.82) is 0 Å². The van der Waals surface area contributed by atoms with Crippen LogP contribution in [-0.4, -0.2) is 32.9 Å². The third kappa shape index (κ3) is 5.25. The van der Waals surface area contributed by atoms with Crippen LogP contribution in [0.5, 0.6) is 11.5 Å². The number of hydrogen-bond donors (Lipinski definition) is 1. The van der Waals surface area contributed by atoms with E-state index >= 15 is 0 Å². The van der Waals surface area contributed by atoms with Gasteiger partial charge in [-0.05, 0) is 47.5 Å². The maximum absolute atomic E-state index is 12.2. The van der Waals surface area contributed by atoms with Gasteiger partial charge in [0.15, 0.2) is 6.61 Å². The first-order valence-electron chi connectivity index (χ1n) is 9.26. The summed E-state index contributed by atoms with van der Waals surface area (Å²) in [5, 5.41) is 9.09. The van der Waals surface area contributed by atoms with Gasteiger partial charge in [0.25, 0.3) is 5.91 Å². The van der Waals surface area contributed by atoms with Gasteiger partial charge in [-0.25, -0.2) is 0 Å². The number of methoxy groups -OCH3 is 2. The van der Waals surface area contributed by atoms with Crippen LogP contribution in [0.15, 0.2) is 65.8 Å². The van der Waals surface area contributed by atoms with Crippen molar-refractivity contribution in [1.82, 2.24) is 5.32 Å². The molecule has 0 aliphatic carbocycles. The van der Waals surface area contributed by atoms with Crippen LogP contribution in [0.2, 0.25) is 0 Å². The van der Waals surface area contributed by atoms with E-state index in [1.807, 2.05) is 25.1 Å². The molecule has 0 aromatic heterocycles. The predicted molar refractivity (Wildman–Crippen MR) is 114 cm³/mol. The monoisotopic (exact) mass is 392 g/mol. The molecule has 0 heterocycles. The standard InChI is InChI=1S/C23H24N2O4/c1-16(18-9-8-17-6-4-5-7-19(17)12-18)25-23(26)15-29-24-14-20-13-21(27-2)10-11-22(20)28-3/h4-14,16H,15H2,1-3H3,(H,25,26)/b24-14-/t16-/m1/s1. The highest BCUT2D eigenvalue weighted by Gasteiger charge is 2.10. The summed E-state index contributed by atoms with van der Waals surface area (Å²) in [7, 11) is 3.15. The Bertz CT molecular complexity index is 1020. The SMILES string of the molecule is COc1ccc(OC)c(/C=N\OCC(=O)N[C@H](C)c2ccc3ccccc3c2)c1. The van der Waals surface area contributed by atoms with Crippen LogP contribution in [0.25, 0.3) is 10.8 Å². The molecule has 0 saturated carbocycles. The second kappa shape index (κ2) is 9.59. The normalized spacial score (nSPS) is 12.0. The molecular weight excluding hydrogens is 368 g/mol. The van der Waals surface area contributed by atoms with Crippen LogP contribution < -0.4 is 14.8 Å². The van der Waals surface area contributed by atoms with Gasteiger partial charge in [-0.3, -0.25) is 4.79 Å². The number of fused-ring (bicyclic) bond motifs is 1. The molecule has 1 amide bonds. The first kappa shape index (κ1) is 20.2. The van der Waals surface area contributed by atoms with Crippen molar-refractivity contribution < 1.29 is 19.1 Å². The lowest BCUT2D eigenvalue weighted by molar-refractivity contribution is -0.126. The fraction of sp³-hybridized carbons (Fsp3) is 0.217. The molecule has 0 radical (unpaired) electrons. The molecule has 0 unspecified atom stereocenters. The van der Waals surface area contributed by atoms with E-state index in [0.29, 0.717) is 17.1 Å². The number of amides is 1. The Morgan fingerprint density at radius 2 is 1.83 bits per heavy atom. The number of oxime groups is 1. The summed E-state index contributed by atoms with van der Waals surface area (Å²) in [4.78, 5) is 17.3. The zero-order valence-corrected chi connectivity index (χ0v) is 16.7. The molecule has 0 aliphatic rings. The van der Waals surface area contributed by atoms with Crippen LogP contribution in [0.1, 0.15) is 24.1 Å². The first-order valence-corrected chi connectivity index (χ1v) is 9.26. The summed E-state index contributed by atoms with van der Waals surface area (Å²) in [6.45, 7) is 1.76. The van der Waals surface area contributed by atoms with Gasteiger partial charge in [-0.15, -0.1) is 0 Å². The largest absolute Gasteiger partial charge is 0.497 e. The van der Waals surface area contributed by atoms with E-state index in [1.54, 1.807) is 32.4 Å². The molecule has 0 bridgehead atoms. The summed E-state index contributed by atoms with van der Waals surface area (Å²) in [5.74, 6) is 1.06. The first-order chi connectivity index (χ1) is 14.1. The number of rotatable bonds is 8. The van der Waals surface area contributed by atoms with Crippen molar-refractivity contribution in [2.24, 2.45) is 5.16 Å². The summed E-state index contributed by atoms with van der Waals surface area (Å²) in [5.41, 5.74) is 1.72. The van der Waals surface area contributed by atoms with Crippen molar-refractivity contribution in [2.45, 2.75) is 13.0 Å². The number of nitrogens with one attached hydrogen (secondary N) is 1. The highest BCUT2D eigenvalue weighted by atomic mass is 16.6. The Labute approximate surface area is 170 Å². The average molecular weight is 392 g/mol. The Morgan fingerprint density at radius 3 is 2.59 bits per heavy atom. The summed E-state index contributed by atoms with van der Waals surface area (Å²) >= 11 is 0. The number of carbonyl (C=O) groups excluding carboxylic acids is 1. The van der Waals surface area contributed by atoms with Crippen LogP contribution >= 0.6 is 0 Å². The van der Waals surface area contributed by atoms with E-state index in [4.69, 9.17) is 14.3 Å². The average Bonchev–Trinajstić information content (AvgIpc) is 2.76. The van der Waals surface area contributed by atoms with Crippen molar-refractivity contribution in [2.75, 3.05) is 20.8 Å². The minimum Gasteiger partial charge on any atom is -0.497 e. The Balaban J connectivity index is 1.54. The van der Waals surface area contributed by atoms with Crippen molar-refractivity contribution in [3.8, 4) is 11.5 Å². The van der Waals surface area contributed by atoms with Crippen LogP contribution in [-0.2, 0) is 9.63 Å². The molecule has 0 spiro atoms. The number of carbonyl (C=O) groups is 1. The number of benzene rings is 3. The lowest BCUT2D eigenvalue weighted by Gasteiger charge is -2.14. The number of nitrogens with zero attached hydrogens (tertiary/aromatic N) is 1. The van der Waals surface area contributed by atoms with Crippen molar-refractivity contribution in [3.05, 3.63) is 71.8 Å². The van der Waals surface area contributed by atoms with E-state index < -0.39 is 0 Å². The Morgan fingerprint density at radius 1 is 1.03 bits per heavy atom. The molecule has 6 nitrogen and oxygen atoms in total. The lowest BCUT2D eigenvalue weighted by atomic mass is 10.0. The molecule has 0 saturated heterocycles. The molecule has 0 fully saturated rings. The highest BCUT2D eigenvalue weighted by molar-refractivity contribution is 5.84. The third-order valence-corrected chi connectivity index (χ3v) is 4.55. The predicted octanol–water partition coefficient (Wildman–Crippen LogP) is 4.08. The van der Waals surface area contributed by atoms with Crippen LogP contribution in [0.4, 0.5) is 0 Å². The van der Waals surface area contributed by atoms with E-state index in [1.165, 1.54) is 11.6 Å². The Kier molecular flexibility index (Phi) is 6.68. The second-order valence-corrected chi connectivity index (χ2v) is 6.51. The topological polar surface area (TPSA) is 69.1 Å². The number of hydrogen-bond acceptors (Lipinski definition) is 5.